The number of carbonyl (C=O) groups excluding carboxylic acids is 1. The number of rotatable bonds is 5. The normalized spacial score (nSPS) is 13.6. The van der Waals surface area contributed by atoms with Crippen molar-refractivity contribution in [3.8, 4) is 17.0 Å². The van der Waals surface area contributed by atoms with Crippen molar-refractivity contribution in [3.05, 3.63) is 48.3 Å². The molecule has 1 aromatic carbocycles. The summed E-state index contributed by atoms with van der Waals surface area (Å²) in [6.45, 7) is 4.51. The van der Waals surface area contributed by atoms with Crippen molar-refractivity contribution >= 4 is 22.5 Å². The number of benzene rings is 1. The van der Waals surface area contributed by atoms with Gasteiger partial charge in [0.05, 0.1) is 6.61 Å². The quantitative estimate of drug-likeness (QED) is 0.745. The molecule has 0 radical (unpaired) electrons. The zero-order valence-corrected chi connectivity index (χ0v) is 15.0. The fourth-order valence-electron chi connectivity index (χ4n) is 3.03. The lowest BCUT2D eigenvalue weighted by Gasteiger charge is -2.12. The molecule has 1 aliphatic carbocycles. The average Bonchev–Trinajstić information content (AvgIpc) is 3.47. The highest BCUT2D eigenvalue weighted by molar-refractivity contribution is 5.97. The first-order valence-electron chi connectivity index (χ1n) is 8.95. The zero-order chi connectivity index (χ0) is 18.1. The van der Waals surface area contributed by atoms with Crippen LogP contribution >= 0.6 is 0 Å². The fourth-order valence-corrected chi connectivity index (χ4v) is 3.03. The molecule has 1 aliphatic rings. The first kappa shape index (κ1) is 16.5. The van der Waals surface area contributed by atoms with E-state index in [1.807, 2.05) is 31.3 Å². The summed E-state index contributed by atoms with van der Waals surface area (Å²) in [5, 5.41) is 4.82. The van der Waals surface area contributed by atoms with Gasteiger partial charge in [-0.1, -0.05) is 12.1 Å². The minimum absolute atomic E-state index is 0.0434. The Hall–Kier alpha value is -2.95. The van der Waals surface area contributed by atoms with E-state index in [9.17, 15) is 4.79 Å². The molecular weight excluding hydrogens is 326 g/mol. The number of nitrogens with one attached hydrogen (secondary N) is 1. The number of carbonyl (C=O) groups is 1. The number of ether oxygens (including phenoxy) is 1. The van der Waals surface area contributed by atoms with Gasteiger partial charge in [-0.25, -0.2) is 0 Å². The molecule has 132 valence electrons. The van der Waals surface area contributed by atoms with Gasteiger partial charge in [-0.15, -0.1) is 0 Å². The molecule has 26 heavy (non-hydrogen) atoms. The summed E-state index contributed by atoms with van der Waals surface area (Å²) in [5.41, 5.74) is 3.32. The van der Waals surface area contributed by atoms with Crippen LogP contribution in [0.4, 0.5) is 5.82 Å². The van der Waals surface area contributed by atoms with Gasteiger partial charge < -0.3 is 10.1 Å². The summed E-state index contributed by atoms with van der Waals surface area (Å²) >= 11 is 0. The van der Waals surface area contributed by atoms with Crippen LogP contribution in [0.5, 0.6) is 5.88 Å². The monoisotopic (exact) mass is 347 g/mol. The van der Waals surface area contributed by atoms with Crippen molar-refractivity contribution in [1.82, 2.24) is 9.97 Å². The molecule has 0 atom stereocenters. The highest BCUT2D eigenvalue weighted by Gasteiger charge is 2.30. The van der Waals surface area contributed by atoms with E-state index in [0.717, 1.165) is 34.7 Å². The molecule has 1 N–H and O–H groups in total. The van der Waals surface area contributed by atoms with Crippen LogP contribution < -0.4 is 10.1 Å². The van der Waals surface area contributed by atoms with E-state index in [4.69, 9.17) is 4.74 Å². The van der Waals surface area contributed by atoms with Crippen molar-refractivity contribution < 1.29 is 9.53 Å². The molecule has 1 fully saturated rings. The van der Waals surface area contributed by atoms with Crippen LogP contribution in [-0.2, 0) is 4.79 Å². The Morgan fingerprint density at radius 2 is 2.12 bits per heavy atom. The largest absolute Gasteiger partial charge is 0.477 e. The number of amides is 1. The van der Waals surface area contributed by atoms with Crippen LogP contribution in [0.3, 0.4) is 0 Å². The average molecular weight is 347 g/mol. The highest BCUT2D eigenvalue weighted by atomic mass is 16.5. The molecule has 0 saturated heterocycles. The maximum absolute atomic E-state index is 12.1. The Morgan fingerprint density at radius 1 is 1.27 bits per heavy atom. The van der Waals surface area contributed by atoms with Crippen LogP contribution in [0.2, 0.25) is 0 Å². The summed E-state index contributed by atoms with van der Waals surface area (Å²) in [7, 11) is 0. The molecule has 0 aliphatic heterocycles. The van der Waals surface area contributed by atoms with Crippen molar-refractivity contribution in [2.75, 3.05) is 11.9 Å². The second-order valence-corrected chi connectivity index (χ2v) is 6.64. The van der Waals surface area contributed by atoms with Crippen molar-refractivity contribution in [2.45, 2.75) is 26.7 Å². The number of anilines is 1. The summed E-state index contributed by atoms with van der Waals surface area (Å²) in [4.78, 5) is 20.8. The minimum atomic E-state index is 0.0434. The molecule has 5 heteroatoms. The third kappa shape index (κ3) is 3.25. The van der Waals surface area contributed by atoms with E-state index < -0.39 is 0 Å². The second-order valence-electron chi connectivity index (χ2n) is 6.64. The van der Waals surface area contributed by atoms with Gasteiger partial charge in [-0.2, -0.15) is 4.98 Å². The lowest BCUT2D eigenvalue weighted by Crippen LogP contribution is -2.14. The molecule has 5 nitrogen and oxygen atoms in total. The Bertz CT molecular complexity index is 980. The first-order chi connectivity index (χ1) is 12.7. The topological polar surface area (TPSA) is 64.1 Å². The second kappa shape index (κ2) is 6.75. The maximum atomic E-state index is 12.1. The number of aryl methyl sites for hydroxylation is 1. The number of fused-ring (bicyclic) bond motifs is 1. The van der Waals surface area contributed by atoms with Crippen LogP contribution in [0.1, 0.15) is 25.3 Å². The summed E-state index contributed by atoms with van der Waals surface area (Å²) < 4.78 is 5.76. The van der Waals surface area contributed by atoms with E-state index in [1.54, 1.807) is 6.20 Å². The maximum Gasteiger partial charge on any atom is 0.228 e. The third-order valence-corrected chi connectivity index (χ3v) is 4.63. The van der Waals surface area contributed by atoms with Gasteiger partial charge >= 0.3 is 0 Å². The van der Waals surface area contributed by atoms with Gasteiger partial charge in [-0.3, -0.25) is 9.78 Å². The van der Waals surface area contributed by atoms with Crippen molar-refractivity contribution in [1.29, 1.82) is 0 Å². The van der Waals surface area contributed by atoms with Gasteiger partial charge in [-0.05, 0) is 61.4 Å². The van der Waals surface area contributed by atoms with E-state index >= 15 is 0 Å². The lowest BCUT2D eigenvalue weighted by molar-refractivity contribution is -0.117. The molecule has 2 heterocycles. The molecule has 4 rings (SSSR count). The van der Waals surface area contributed by atoms with Crippen LogP contribution in [0, 0.1) is 12.8 Å². The molecule has 1 saturated carbocycles. The smallest absolute Gasteiger partial charge is 0.228 e. The Balaban J connectivity index is 1.77. The van der Waals surface area contributed by atoms with Gasteiger partial charge in [0.1, 0.15) is 5.82 Å². The van der Waals surface area contributed by atoms with Gasteiger partial charge in [0.25, 0.3) is 0 Å². The Kier molecular flexibility index (Phi) is 4.29. The van der Waals surface area contributed by atoms with Crippen molar-refractivity contribution in [3.63, 3.8) is 0 Å². The molecule has 0 unspecified atom stereocenters. The highest BCUT2D eigenvalue weighted by Crippen LogP contribution is 2.34. The van der Waals surface area contributed by atoms with E-state index in [-0.39, 0.29) is 11.8 Å². The van der Waals surface area contributed by atoms with Gasteiger partial charge in [0, 0.05) is 29.3 Å². The summed E-state index contributed by atoms with van der Waals surface area (Å²) in [6, 6.07) is 10.1. The van der Waals surface area contributed by atoms with Crippen molar-refractivity contribution in [2.24, 2.45) is 5.92 Å². The molecule has 3 aromatic rings. The first-order valence-corrected chi connectivity index (χ1v) is 8.95. The number of hydrogen-bond acceptors (Lipinski definition) is 4. The lowest BCUT2D eigenvalue weighted by atomic mass is 10.00. The third-order valence-electron chi connectivity index (χ3n) is 4.63. The summed E-state index contributed by atoms with van der Waals surface area (Å²) in [5.74, 6) is 1.27. The Labute approximate surface area is 152 Å². The molecule has 2 aromatic heterocycles. The molecular formula is C21H21N3O2. The van der Waals surface area contributed by atoms with Crippen LogP contribution in [-0.4, -0.2) is 22.5 Å². The van der Waals surface area contributed by atoms with Crippen LogP contribution in [0.15, 0.2) is 42.7 Å². The molecule has 1 amide bonds. The van der Waals surface area contributed by atoms with E-state index in [2.05, 4.69) is 34.3 Å². The molecule has 0 bridgehead atoms. The van der Waals surface area contributed by atoms with Crippen LogP contribution in [0.25, 0.3) is 21.9 Å². The minimum Gasteiger partial charge on any atom is -0.477 e. The standard InChI is InChI=1S/C21H21N3O2/c1-3-26-21-17-10-15(18-12-22-9-8-13(18)2)6-7-16(17)11-19(24-21)23-20(25)14-4-5-14/h6-12,14H,3-5H2,1-2H3,(H,23,24,25). The van der Waals surface area contributed by atoms with Gasteiger partial charge in [0.2, 0.25) is 11.8 Å². The zero-order valence-electron chi connectivity index (χ0n) is 15.0. The SMILES string of the molecule is CCOc1nc(NC(=O)C2CC2)cc2ccc(-c3cnccc3C)cc12. The number of pyridine rings is 2. The summed E-state index contributed by atoms with van der Waals surface area (Å²) in [6.07, 6.45) is 5.59. The van der Waals surface area contributed by atoms with Gasteiger partial charge in [0.15, 0.2) is 0 Å². The van der Waals surface area contributed by atoms with E-state index in [0.29, 0.717) is 18.3 Å². The number of aromatic nitrogens is 2. The predicted octanol–water partition coefficient (Wildman–Crippen LogP) is 4.35. The Morgan fingerprint density at radius 3 is 2.85 bits per heavy atom. The fraction of sp³-hybridized carbons (Fsp3) is 0.286. The molecule has 0 spiro atoms. The predicted molar refractivity (Wildman–Crippen MR) is 102 cm³/mol. The van der Waals surface area contributed by atoms with E-state index in [1.165, 1.54) is 5.56 Å². The number of nitrogens with zero attached hydrogens (tertiary/aromatic N) is 2. The number of hydrogen-bond donors (Lipinski definition) is 1.